The lowest BCUT2D eigenvalue weighted by atomic mass is 9.90. The maximum absolute atomic E-state index is 12.9. The van der Waals surface area contributed by atoms with E-state index in [4.69, 9.17) is 13.9 Å². The summed E-state index contributed by atoms with van der Waals surface area (Å²) in [5, 5.41) is 11.5. The number of hydrogen-bond donors (Lipinski definition) is 1. The largest absolute Gasteiger partial charge is 0.496 e. The zero-order valence-electron chi connectivity index (χ0n) is 13.8. The van der Waals surface area contributed by atoms with Crippen molar-refractivity contribution in [3.8, 4) is 11.5 Å². The number of aliphatic hydroxyl groups excluding tert-OH is 1. The fraction of sp³-hybridized carbons (Fsp3) is 0.316. The van der Waals surface area contributed by atoms with E-state index in [1.165, 1.54) is 7.11 Å². The molecule has 1 aromatic heterocycles. The summed E-state index contributed by atoms with van der Waals surface area (Å²) in [6, 6.07) is 8.71. The molecule has 1 unspecified atom stereocenters. The van der Waals surface area contributed by atoms with E-state index in [1.807, 2.05) is 13.8 Å². The molecule has 1 aliphatic rings. The fourth-order valence-electron chi connectivity index (χ4n) is 3.40. The molecule has 3 aromatic rings. The summed E-state index contributed by atoms with van der Waals surface area (Å²) in [6.45, 7) is 3.82. The van der Waals surface area contributed by atoms with Gasteiger partial charge in [0.05, 0.1) is 24.2 Å². The lowest BCUT2D eigenvalue weighted by molar-refractivity contribution is 0.0119. The van der Waals surface area contributed by atoms with Crippen LogP contribution in [0.25, 0.3) is 21.9 Å². The molecule has 5 nitrogen and oxygen atoms in total. The SMILES string of the molecule is COc1cc2c(c3oc4ccccc4c(=O)c13)C(O)CC(C)(C)O2. The number of ether oxygens (including phenoxy) is 2. The molecule has 4 rings (SSSR count). The monoisotopic (exact) mass is 326 g/mol. The van der Waals surface area contributed by atoms with Gasteiger partial charge in [-0.2, -0.15) is 0 Å². The minimum atomic E-state index is -0.776. The molecule has 0 aliphatic carbocycles. The predicted molar refractivity (Wildman–Crippen MR) is 90.8 cm³/mol. The molecule has 1 aliphatic heterocycles. The topological polar surface area (TPSA) is 68.9 Å². The summed E-state index contributed by atoms with van der Waals surface area (Å²) >= 11 is 0. The van der Waals surface area contributed by atoms with Crippen LogP contribution in [-0.2, 0) is 0 Å². The van der Waals surface area contributed by atoms with E-state index in [1.54, 1.807) is 30.3 Å². The van der Waals surface area contributed by atoms with Crippen LogP contribution in [0.4, 0.5) is 0 Å². The van der Waals surface area contributed by atoms with E-state index in [0.29, 0.717) is 45.4 Å². The van der Waals surface area contributed by atoms with Crippen LogP contribution in [0, 0.1) is 0 Å². The average Bonchev–Trinajstić information content (AvgIpc) is 2.52. The van der Waals surface area contributed by atoms with Gasteiger partial charge in [-0.05, 0) is 26.0 Å². The van der Waals surface area contributed by atoms with Gasteiger partial charge in [-0.1, -0.05) is 12.1 Å². The smallest absolute Gasteiger partial charge is 0.204 e. The van der Waals surface area contributed by atoms with E-state index >= 15 is 0 Å². The highest BCUT2D eigenvalue weighted by molar-refractivity contribution is 5.96. The van der Waals surface area contributed by atoms with Crippen LogP contribution < -0.4 is 14.9 Å². The van der Waals surface area contributed by atoms with Gasteiger partial charge in [0, 0.05) is 12.5 Å². The number of hydrogen-bond acceptors (Lipinski definition) is 5. The third kappa shape index (κ3) is 2.08. The van der Waals surface area contributed by atoms with E-state index in [-0.39, 0.29) is 5.43 Å². The quantitative estimate of drug-likeness (QED) is 0.693. The van der Waals surface area contributed by atoms with Crippen molar-refractivity contribution in [2.24, 2.45) is 0 Å². The Hall–Kier alpha value is -2.53. The van der Waals surface area contributed by atoms with Gasteiger partial charge in [0.1, 0.15) is 28.1 Å². The van der Waals surface area contributed by atoms with E-state index < -0.39 is 11.7 Å². The Morgan fingerprint density at radius 1 is 1.29 bits per heavy atom. The Kier molecular flexibility index (Phi) is 3.12. The van der Waals surface area contributed by atoms with Gasteiger partial charge in [-0.25, -0.2) is 0 Å². The highest BCUT2D eigenvalue weighted by atomic mass is 16.5. The van der Waals surface area contributed by atoms with E-state index in [2.05, 4.69) is 0 Å². The van der Waals surface area contributed by atoms with Gasteiger partial charge >= 0.3 is 0 Å². The van der Waals surface area contributed by atoms with Crippen LogP contribution in [0.3, 0.4) is 0 Å². The van der Waals surface area contributed by atoms with Crippen LogP contribution in [0.5, 0.6) is 11.5 Å². The molecule has 0 fully saturated rings. The normalized spacial score (nSPS) is 19.1. The Labute approximate surface area is 138 Å². The molecule has 5 heteroatoms. The first-order valence-electron chi connectivity index (χ1n) is 7.85. The maximum atomic E-state index is 12.9. The number of para-hydroxylation sites is 1. The van der Waals surface area contributed by atoms with E-state index in [0.717, 1.165) is 0 Å². The van der Waals surface area contributed by atoms with Gasteiger partial charge in [0.15, 0.2) is 5.58 Å². The molecular formula is C19H18O5. The van der Waals surface area contributed by atoms with Gasteiger partial charge in [0.25, 0.3) is 0 Å². The second kappa shape index (κ2) is 4.98. The molecule has 124 valence electrons. The molecule has 0 radical (unpaired) electrons. The summed E-state index contributed by atoms with van der Waals surface area (Å²) in [5.41, 5.74) is 0.623. The molecule has 2 aromatic carbocycles. The molecule has 0 saturated carbocycles. The van der Waals surface area contributed by atoms with Crippen LogP contribution in [0.1, 0.15) is 31.9 Å². The molecule has 0 amide bonds. The van der Waals surface area contributed by atoms with Gasteiger partial charge in [-0.3, -0.25) is 4.79 Å². The lowest BCUT2D eigenvalue weighted by Crippen LogP contribution is -2.35. The molecule has 2 heterocycles. The van der Waals surface area contributed by atoms with Crippen LogP contribution >= 0.6 is 0 Å². The fourth-order valence-corrected chi connectivity index (χ4v) is 3.40. The molecule has 0 saturated heterocycles. The summed E-state index contributed by atoms with van der Waals surface area (Å²) in [5.74, 6) is 0.870. The van der Waals surface area contributed by atoms with Crippen molar-refractivity contribution >= 4 is 21.9 Å². The number of fused-ring (bicyclic) bond motifs is 4. The second-order valence-corrected chi connectivity index (χ2v) is 6.70. The number of aliphatic hydroxyl groups is 1. The third-order valence-electron chi connectivity index (χ3n) is 4.44. The van der Waals surface area contributed by atoms with Gasteiger partial charge in [0.2, 0.25) is 5.43 Å². The van der Waals surface area contributed by atoms with Gasteiger partial charge < -0.3 is 19.0 Å². The number of methoxy groups -OCH3 is 1. The molecular weight excluding hydrogens is 308 g/mol. The highest BCUT2D eigenvalue weighted by Gasteiger charge is 2.36. The van der Waals surface area contributed by atoms with E-state index in [9.17, 15) is 9.90 Å². The molecule has 1 atom stereocenters. The van der Waals surface area contributed by atoms with Crippen LogP contribution in [0.15, 0.2) is 39.5 Å². The summed E-state index contributed by atoms with van der Waals surface area (Å²) in [4.78, 5) is 12.9. The molecule has 24 heavy (non-hydrogen) atoms. The average molecular weight is 326 g/mol. The van der Waals surface area contributed by atoms with Crippen molar-refractivity contribution in [2.75, 3.05) is 7.11 Å². The first kappa shape index (κ1) is 15.0. The van der Waals surface area contributed by atoms with Crippen molar-refractivity contribution < 1.29 is 19.0 Å². The number of benzene rings is 2. The zero-order chi connectivity index (χ0) is 17.1. The Bertz CT molecular complexity index is 1020. The van der Waals surface area contributed by atoms with Crippen molar-refractivity contribution in [1.82, 2.24) is 0 Å². The molecule has 0 spiro atoms. The lowest BCUT2D eigenvalue weighted by Gasteiger charge is -2.35. The zero-order valence-corrected chi connectivity index (χ0v) is 13.8. The van der Waals surface area contributed by atoms with Crippen LogP contribution in [-0.4, -0.2) is 17.8 Å². The Morgan fingerprint density at radius 3 is 2.79 bits per heavy atom. The third-order valence-corrected chi connectivity index (χ3v) is 4.44. The molecule has 0 bridgehead atoms. The standard InChI is InChI=1S/C19H18O5/c1-19(2)9-11(20)15-14(24-19)8-13(22-3)16-17(21)10-6-4-5-7-12(10)23-18(15)16/h4-8,11,20H,9H2,1-3H3. The number of rotatable bonds is 1. The summed E-state index contributed by atoms with van der Waals surface area (Å²) in [6.07, 6.45) is -0.362. The Balaban J connectivity index is 2.18. The summed E-state index contributed by atoms with van der Waals surface area (Å²) < 4.78 is 17.4. The van der Waals surface area contributed by atoms with Crippen molar-refractivity contribution in [3.05, 3.63) is 46.1 Å². The minimum Gasteiger partial charge on any atom is -0.496 e. The first-order chi connectivity index (χ1) is 11.4. The van der Waals surface area contributed by atoms with Gasteiger partial charge in [-0.15, -0.1) is 0 Å². The van der Waals surface area contributed by atoms with Crippen molar-refractivity contribution in [3.63, 3.8) is 0 Å². The summed E-state index contributed by atoms with van der Waals surface area (Å²) in [7, 11) is 1.50. The Morgan fingerprint density at radius 2 is 2.04 bits per heavy atom. The minimum absolute atomic E-state index is 0.177. The molecule has 1 N–H and O–H groups in total. The maximum Gasteiger partial charge on any atom is 0.204 e. The van der Waals surface area contributed by atoms with Crippen molar-refractivity contribution in [1.29, 1.82) is 0 Å². The van der Waals surface area contributed by atoms with Crippen molar-refractivity contribution in [2.45, 2.75) is 32.0 Å². The van der Waals surface area contributed by atoms with Crippen LogP contribution in [0.2, 0.25) is 0 Å². The first-order valence-corrected chi connectivity index (χ1v) is 7.85. The second-order valence-electron chi connectivity index (χ2n) is 6.70. The highest BCUT2D eigenvalue weighted by Crippen LogP contribution is 2.46. The predicted octanol–water partition coefficient (Wildman–Crippen LogP) is 3.55.